The second-order valence-electron chi connectivity index (χ2n) is 10.2. The van der Waals surface area contributed by atoms with Gasteiger partial charge in [-0.15, -0.1) is 0 Å². The highest BCUT2D eigenvalue weighted by Crippen LogP contribution is 2.34. The van der Waals surface area contributed by atoms with Gasteiger partial charge in [-0.05, 0) is 30.7 Å². The van der Waals surface area contributed by atoms with Crippen molar-refractivity contribution in [3.8, 4) is 17.2 Å². The summed E-state index contributed by atoms with van der Waals surface area (Å²) in [6.07, 6.45) is -3.17. The lowest BCUT2D eigenvalue weighted by Crippen LogP contribution is -2.21. The molecule has 0 amide bonds. The van der Waals surface area contributed by atoms with E-state index in [0.29, 0.717) is 46.5 Å². The molecule has 4 aromatic heterocycles. The summed E-state index contributed by atoms with van der Waals surface area (Å²) in [7, 11) is 0. The van der Waals surface area contributed by atoms with Crippen molar-refractivity contribution in [1.82, 2.24) is 24.7 Å². The van der Waals surface area contributed by atoms with E-state index in [9.17, 15) is 18.0 Å². The van der Waals surface area contributed by atoms with Crippen LogP contribution in [0.1, 0.15) is 18.1 Å². The number of anilines is 1. The topological polar surface area (TPSA) is 89.9 Å². The van der Waals surface area contributed by atoms with Crippen molar-refractivity contribution < 1.29 is 17.6 Å². The molecule has 4 heterocycles. The van der Waals surface area contributed by atoms with Crippen LogP contribution in [0.5, 0.6) is 0 Å². The number of hydrogen-bond donors (Lipinski definition) is 0. The number of rotatable bonds is 6. The predicted octanol–water partition coefficient (Wildman–Crippen LogP) is 7.18. The molecular formula is C33H23F3N6O2. The van der Waals surface area contributed by atoms with Gasteiger partial charge in [-0.3, -0.25) is 0 Å². The Labute approximate surface area is 248 Å². The van der Waals surface area contributed by atoms with Crippen LogP contribution < -0.4 is 10.5 Å². The number of aromatic nitrogens is 5. The van der Waals surface area contributed by atoms with Crippen LogP contribution in [-0.2, 0) is 12.7 Å². The molecule has 0 bridgehead atoms. The average Bonchev–Trinajstić information content (AvgIpc) is 3.42. The quantitative estimate of drug-likeness (QED) is 0.149. The van der Waals surface area contributed by atoms with Gasteiger partial charge in [0, 0.05) is 53.6 Å². The minimum atomic E-state index is -4.59. The van der Waals surface area contributed by atoms with Gasteiger partial charge in [0.2, 0.25) is 0 Å². The summed E-state index contributed by atoms with van der Waals surface area (Å²) in [6.45, 7) is 3.45. The highest BCUT2D eigenvalue weighted by molar-refractivity contribution is 6.08. The largest absolute Gasteiger partial charge is 0.422 e. The number of pyridine rings is 1. The number of alkyl halides is 3. The monoisotopic (exact) mass is 592 g/mol. The highest BCUT2D eigenvalue weighted by atomic mass is 19.4. The molecule has 0 radical (unpaired) electrons. The lowest BCUT2D eigenvalue weighted by Gasteiger charge is -2.23. The Balaban J connectivity index is 1.42. The van der Waals surface area contributed by atoms with Crippen molar-refractivity contribution in [2.24, 2.45) is 0 Å². The SMILES string of the molecule is CCN(Cc1ccccc1)c1ccc2c(c1)oc(=O)c1cc3c(-c4ccccc4)nn(-c4ncc(C(F)(F)F)cn4)c3nc12. The number of halogens is 3. The molecule has 0 fully saturated rings. The molecule has 218 valence electrons. The first-order valence-electron chi connectivity index (χ1n) is 13.8. The third-order valence-corrected chi connectivity index (χ3v) is 7.47. The molecule has 3 aromatic carbocycles. The van der Waals surface area contributed by atoms with E-state index in [-0.39, 0.29) is 17.0 Å². The fourth-order valence-corrected chi connectivity index (χ4v) is 5.26. The molecular weight excluding hydrogens is 569 g/mol. The van der Waals surface area contributed by atoms with Crippen LogP contribution in [0.25, 0.3) is 50.1 Å². The van der Waals surface area contributed by atoms with Crippen molar-refractivity contribution in [1.29, 1.82) is 0 Å². The number of fused-ring (bicyclic) bond motifs is 4. The molecule has 7 rings (SSSR count). The van der Waals surface area contributed by atoms with Crippen molar-refractivity contribution in [3.05, 3.63) is 119 Å². The molecule has 0 spiro atoms. The van der Waals surface area contributed by atoms with Crippen LogP contribution in [0.2, 0.25) is 0 Å². The Morgan fingerprint density at radius 3 is 2.25 bits per heavy atom. The van der Waals surface area contributed by atoms with Crippen LogP contribution in [0.15, 0.2) is 107 Å². The summed E-state index contributed by atoms with van der Waals surface area (Å²) in [6, 6.07) is 26.5. The maximum Gasteiger partial charge on any atom is 0.419 e. The fourth-order valence-electron chi connectivity index (χ4n) is 5.26. The average molecular weight is 593 g/mol. The van der Waals surface area contributed by atoms with Crippen LogP contribution in [-0.4, -0.2) is 31.3 Å². The third-order valence-electron chi connectivity index (χ3n) is 7.47. The maximum absolute atomic E-state index is 13.4. The van der Waals surface area contributed by atoms with E-state index in [4.69, 9.17) is 9.40 Å². The first-order chi connectivity index (χ1) is 21.3. The lowest BCUT2D eigenvalue weighted by molar-refractivity contribution is -0.138. The normalized spacial score (nSPS) is 11.9. The summed E-state index contributed by atoms with van der Waals surface area (Å²) < 4.78 is 46.8. The smallest absolute Gasteiger partial charge is 0.419 e. The van der Waals surface area contributed by atoms with E-state index in [1.807, 2.05) is 66.7 Å². The first-order valence-corrected chi connectivity index (χ1v) is 13.8. The third kappa shape index (κ3) is 4.81. The van der Waals surface area contributed by atoms with Crippen LogP contribution in [0.4, 0.5) is 18.9 Å². The van der Waals surface area contributed by atoms with Crippen LogP contribution in [0, 0.1) is 0 Å². The van der Waals surface area contributed by atoms with Gasteiger partial charge in [-0.2, -0.15) is 23.0 Å². The van der Waals surface area contributed by atoms with E-state index >= 15 is 0 Å². The fraction of sp³-hybridized carbons (Fsp3) is 0.121. The van der Waals surface area contributed by atoms with Gasteiger partial charge >= 0.3 is 11.8 Å². The molecule has 0 saturated heterocycles. The minimum Gasteiger partial charge on any atom is -0.422 e. The number of nitrogens with zero attached hydrogens (tertiary/aromatic N) is 6. The van der Waals surface area contributed by atoms with Crippen LogP contribution >= 0.6 is 0 Å². The molecule has 0 aliphatic carbocycles. The zero-order chi connectivity index (χ0) is 30.4. The van der Waals surface area contributed by atoms with E-state index in [2.05, 4.69) is 39.0 Å². The number of hydrogen-bond acceptors (Lipinski definition) is 7. The Bertz CT molecular complexity index is 2200. The Kier molecular flexibility index (Phi) is 6.57. The predicted molar refractivity (Wildman–Crippen MR) is 162 cm³/mol. The second-order valence-corrected chi connectivity index (χ2v) is 10.2. The molecule has 44 heavy (non-hydrogen) atoms. The van der Waals surface area contributed by atoms with Gasteiger partial charge in [0.1, 0.15) is 11.3 Å². The van der Waals surface area contributed by atoms with E-state index in [1.54, 1.807) is 6.07 Å². The Morgan fingerprint density at radius 1 is 0.864 bits per heavy atom. The summed E-state index contributed by atoms with van der Waals surface area (Å²) >= 11 is 0. The maximum atomic E-state index is 13.4. The molecule has 0 aliphatic heterocycles. The molecule has 0 saturated carbocycles. The van der Waals surface area contributed by atoms with Gasteiger partial charge in [-0.1, -0.05) is 60.7 Å². The van der Waals surface area contributed by atoms with Gasteiger partial charge in [0.15, 0.2) is 5.65 Å². The standard InChI is InChI=1S/C33H23F3N6O2/c1-2-41(19-20-9-5-3-6-10-20)23-13-14-24-27(15-23)44-31(43)26-16-25-28(21-11-7-4-8-12-21)40-42(30(25)39-29(24)26)32-37-17-22(18-38-32)33(34,35)36/h3-18H,2,19H2,1H3. The summed E-state index contributed by atoms with van der Waals surface area (Å²) in [5, 5.41) is 6.00. The zero-order valence-corrected chi connectivity index (χ0v) is 23.3. The van der Waals surface area contributed by atoms with E-state index < -0.39 is 17.4 Å². The van der Waals surface area contributed by atoms with Gasteiger partial charge in [-0.25, -0.2) is 19.7 Å². The molecule has 7 aromatic rings. The van der Waals surface area contributed by atoms with Gasteiger partial charge in [0.05, 0.1) is 16.5 Å². The number of benzene rings is 3. The molecule has 0 aliphatic rings. The van der Waals surface area contributed by atoms with Gasteiger partial charge in [0.25, 0.3) is 5.95 Å². The lowest BCUT2D eigenvalue weighted by atomic mass is 10.1. The van der Waals surface area contributed by atoms with Crippen molar-refractivity contribution in [2.45, 2.75) is 19.6 Å². The van der Waals surface area contributed by atoms with E-state index in [0.717, 1.165) is 23.4 Å². The summed E-state index contributed by atoms with van der Waals surface area (Å²) in [5.74, 6) is -0.0916. The minimum absolute atomic E-state index is 0.0916. The van der Waals surface area contributed by atoms with Crippen molar-refractivity contribution >= 4 is 38.6 Å². The van der Waals surface area contributed by atoms with E-state index in [1.165, 1.54) is 4.68 Å². The summed E-state index contributed by atoms with van der Waals surface area (Å²) in [4.78, 5) is 28.3. The van der Waals surface area contributed by atoms with Crippen LogP contribution in [0.3, 0.4) is 0 Å². The molecule has 0 atom stereocenters. The molecule has 0 unspecified atom stereocenters. The van der Waals surface area contributed by atoms with Crippen molar-refractivity contribution in [3.63, 3.8) is 0 Å². The Morgan fingerprint density at radius 2 is 1.57 bits per heavy atom. The molecule has 8 nitrogen and oxygen atoms in total. The molecule has 0 N–H and O–H groups in total. The highest BCUT2D eigenvalue weighted by Gasteiger charge is 2.31. The first kappa shape index (κ1) is 27.3. The Hall–Kier alpha value is -5.58. The second kappa shape index (κ2) is 10.6. The van der Waals surface area contributed by atoms with Gasteiger partial charge < -0.3 is 9.32 Å². The molecule has 11 heteroatoms. The summed E-state index contributed by atoms with van der Waals surface area (Å²) in [5.41, 5.74) is 2.67. The zero-order valence-electron chi connectivity index (χ0n) is 23.3. The van der Waals surface area contributed by atoms with Crippen molar-refractivity contribution in [2.75, 3.05) is 11.4 Å².